The number of carbonyl (C=O) groups excluding carboxylic acids is 7. The zero-order valence-corrected chi connectivity index (χ0v) is 56.3. The van der Waals surface area contributed by atoms with Crippen LogP contribution in [-0.2, 0) is 54.3 Å². The van der Waals surface area contributed by atoms with Gasteiger partial charge in [-0.3, -0.25) is 33.6 Å². The number of aromatic hydroxyl groups is 3. The second kappa shape index (κ2) is 31.6. The summed E-state index contributed by atoms with van der Waals surface area (Å²) in [6, 6.07) is 13.1. The summed E-state index contributed by atoms with van der Waals surface area (Å²) in [5.41, 5.74) is 10.5. The molecule has 0 aromatic heterocycles. The van der Waals surface area contributed by atoms with Crippen molar-refractivity contribution in [3.05, 3.63) is 123 Å². The molecule has 5 aromatic rings. The lowest BCUT2D eigenvalue weighted by Gasteiger charge is -2.47. The Bertz CT molecular complexity index is 3860. The summed E-state index contributed by atoms with van der Waals surface area (Å²) < 4.78 is 37.4. The van der Waals surface area contributed by atoms with Crippen LogP contribution in [0.1, 0.15) is 118 Å². The molecule has 8 bridgehead atoms. The van der Waals surface area contributed by atoms with Crippen molar-refractivity contribution in [2.45, 2.75) is 164 Å². The Labute approximate surface area is 578 Å². The lowest BCUT2D eigenvalue weighted by Crippen LogP contribution is -2.64. The Morgan fingerprint density at radius 1 is 0.838 bits per heavy atom. The molecular formula is C69H82Cl2N6O22. The number of methoxy groups -OCH3 is 1. The van der Waals surface area contributed by atoms with Crippen molar-refractivity contribution in [3.8, 4) is 51.4 Å². The maximum Gasteiger partial charge on any atom is 0.237 e. The minimum Gasteiger partial charge on any atom is -0.508 e. The fourth-order valence-corrected chi connectivity index (χ4v) is 13.3. The predicted octanol–water partition coefficient (Wildman–Crippen LogP) is 3.45. The third-order valence-electron chi connectivity index (χ3n) is 18.2. The van der Waals surface area contributed by atoms with Crippen LogP contribution in [0.3, 0.4) is 0 Å². The van der Waals surface area contributed by atoms with Gasteiger partial charge < -0.3 is 107 Å². The number of halogens is 2. The van der Waals surface area contributed by atoms with Gasteiger partial charge in [-0.15, -0.1) is 0 Å². The van der Waals surface area contributed by atoms with Crippen molar-refractivity contribution < 1.29 is 108 Å². The number of ether oxygens (including phenoxy) is 6. The number of nitrogens with two attached hydrogens (primary N) is 2. The highest BCUT2D eigenvalue weighted by Gasteiger charge is 2.51. The number of primary amides is 1. The Balaban J connectivity index is 1.22. The zero-order chi connectivity index (χ0) is 72.2. The first-order valence-electron chi connectivity index (χ1n) is 32.0. The first-order chi connectivity index (χ1) is 46.8. The summed E-state index contributed by atoms with van der Waals surface area (Å²) in [7, 11) is 2.67. The van der Waals surface area contributed by atoms with Gasteiger partial charge in [0.2, 0.25) is 35.7 Å². The molecule has 5 aromatic carbocycles. The number of fused-ring (bicyclic) bond motifs is 8. The van der Waals surface area contributed by atoms with Crippen LogP contribution < -0.4 is 46.9 Å². The number of benzene rings is 5. The molecular weight excluding hydrogens is 1340 g/mol. The fourth-order valence-electron chi connectivity index (χ4n) is 12.9. The lowest BCUT2D eigenvalue weighted by atomic mass is 9.80. The molecule has 28 nitrogen and oxygen atoms in total. The third kappa shape index (κ3) is 17.1. The van der Waals surface area contributed by atoms with Crippen molar-refractivity contribution in [1.82, 2.24) is 21.3 Å². The number of carbonyl (C=O) groups is 7. The standard InChI is InChI=1S/C69H82Cl2N6O22/c1-29(2)14-43(74-5)67(93)77-57(59(87)32-8-7-9-37(70)15-32)47(83)19-35(22-53(72)85)65(91)76-56-34-20-50(94-6)62(99-68-63(61(89)60(88)52(28-78)97-68)98-54-26-69(4,73)64(90)30(3)95-54)51(21-34)96-49-13-11-33(18-42(49)71)58(86)41-25-45(81)39(24-48(56)84)31-10-12-44(80)40(17-31)55-36(27-75-66(41)92)16-38(79)23-46(55)82/h7-13,15-18,20-21,23,29-30,35,39,41,43,52,54,56-61,63-64,68,74,78-80,82,86-90H,14,19,22,24-28,73H2,1-6H3,(H2,72,85)(H,75,92)(H,76,91)(H,77,93). The number of hydrogen-bond donors (Lipinski definition) is 15. The Morgan fingerprint density at radius 2 is 1.57 bits per heavy atom. The van der Waals surface area contributed by atoms with Gasteiger partial charge in [0.25, 0.3) is 0 Å². The molecule has 5 heterocycles. The van der Waals surface area contributed by atoms with Crippen LogP contribution in [-0.4, -0.2) is 175 Å². The Morgan fingerprint density at radius 3 is 2.22 bits per heavy atom. The molecule has 17 atom stereocenters. The minimum atomic E-state index is -2.06. The van der Waals surface area contributed by atoms with Crippen molar-refractivity contribution in [2.24, 2.45) is 29.2 Å². The molecule has 0 saturated carbocycles. The lowest BCUT2D eigenvalue weighted by molar-refractivity contribution is -0.333. The third-order valence-corrected chi connectivity index (χ3v) is 18.8. The van der Waals surface area contributed by atoms with E-state index in [1.54, 1.807) is 6.92 Å². The molecule has 17 unspecified atom stereocenters. The summed E-state index contributed by atoms with van der Waals surface area (Å²) in [5, 5.41) is 113. The van der Waals surface area contributed by atoms with E-state index in [0.29, 0.717) is 0 Å². The fraction of sp³-hybridized carbons (Fsp3) is 0.464. The highest BCUT2D eigenvalue weighted by Crippen LogP contribution is 2.48. The maximum absolute atomic E-state index is 16.0. The minimum absolute atomic E-state index is 0.0201. The van der Waals surface area contributed by atoms with Crippen molar-refractivity contribution >= 4 is 64.2 Å². The topological polar surface area (TPSA) is 457 Å². The molecule has 0 spiro atoms. The Kier molecular flexibility index (Phi) is 24.0. The van der Waals surface area contributed by atoms with Crippen LogP contribution in [0, 0.1) is 17.8 Å². The molecule has 534 valence electrons. The second-order valence-corrected chi connectivity index (χ2v) is 26.9. The van der Waals surface area contributed by atoms with Crippen LogP contribution >= 0.6 is 23.2 Å². The van der Waals surface area contributed by atoms with Crippen LogP contribution in [0.2, 0.25) is 10.0 Å². The summed E-state index contributed by atoms with van der Waals surface area (Å²) in [6.07, 6.45) is -19.5. The number of rotatable bonds is 20. The molecule has 0 radical (unpaired) electrons. The molecule has 17 N–H and O–H groups in total. The molecule has 10 rings (SSSR count). The van der Waals surface area contributed by atoms with E-state index in [1.165, 1.54) is 86.8 Å². The maximum atomic E-state index is 16.0. The molecule has 30 heteroatoms. The number of nitrogens with one attached hydrogen (secondary N) is 4. The highest BCUT2D eigenvalue weighted by molar-refractivity contribution is 6.32. The number of phenolic OH excluding ortho intramolecular Hbond substituents is 3. The predicted molar refractivity (Wildman–Crippen MR) is 353 cm³/mol. The van der Waals surface area contributed by atoms with E-state index in [9.17, 15) is 65.1 Å². The average molecular weight is 1420 g/mol. The van der Waals surface area contributed by atoms with Gasteiger partial charge in [-0.1, -0.05) is 61.3 Å². The molecule has 2 saturated heterocycles. The highest BCUT2D eigenvalue weighted by atomic mass is 35.5. The second-order valence-electron chi connectivity index (χ2n) is 26.1. The molecule has 99 heavy (non-hydrogen) atoms. The van der Waals surface area contributed by atoms with E-state index in [2.05, 4.69) is 21.3 Å². The van der Waals surface area contributed by atoms with E-state index >= 15 is 14.4 Å². The molecule has 5 aliphatic rings. The van der Waals surface area contributed by atoms with E-state index in [4.69, 9.17) is 63.1 Å². The van der Waals surface area contributed by atoms with Crippen molar-refractivity contribution in [2.75, 3.05) is 20.8 Å². The quantitative estimate of drug-likeness (QED) is 0.0530. The van der Waals surface area contributed by atoms with Gasteiger partial charge in [0.15, 0.2) is 35.5 Å². The zero-order valence-electron chi connectivity index (χ0n) is 54.8. The van der Waals surface area contributed by atoms with Gasteiger partial charge in [-0.25, -0.2) is 0 Å². The average Bonchev–Trinajstić information content (AvgIpc) is 0.776. The number of Topliss-reactive ketones (excluding diaryl/α,β-unsaturated/α-hetero) is 3. The smallest absolute Gasteiger partial charge is 0.237 e. The summed E-state index contributed by atoms with van der Waals surface area (Å²) in [5.74, 6) is -15.2. The van der Waals surface area contributed by atoms with Gasteiger partial charge in [0, 0.05) is 72.3 Å². The first-order valence-corrected chi connectivity index (χ1v) is 32.7. The van der Waals surface area contributed by atoms with Crippen LogP contribution in [0.25, 0.3) is 11.1 Å². The van der Waals surface area contributed by atoms with E-state index in [-0.39, 0.29) is 79.2 Å². The number of hydrogen-bond acceptors (Lipinski definition) is 24. The van der Waals surface area contributed by atoms with Gasteiger partial charge in [0.1, 0.15) is 65.3 Å². The summed E-state index contributed by atoms with van der Waals surface area (Å²) >= 11 is 13.4. The van der Waals surface area contributed by atoms with Gasteiger partial charge >= 0.3 is 0 Å². The SMILES string of the molecule is CNC(CC(C)C)C(=O)NC(C(=O)CC(CC(N)=O)C(=O)NC1C(=O)CC2C(=O)CC(C(=O)NCc3cc(O)cc(O)c3-c3cc2ccc3O)C(O)c2ccc(c(Cl)c2)Oc2cc1cc(OC)c2OC1OC(CO)C(O)C(O)C1OC1CC(C)(N)C(O)C(C)O1)C(O)c1cccc(Cl)c1. The van der Waals surface area contributed by atoms with Gasteiger partial charge in [-0.05, 0) is 116 Å². The molecule has 2 fully saturated rings. The first kappa shape index (κ1) is 75.1. The van der Waals surface area contributed by atoms with Crippen molar-refractivity contribution in [1.29, 1.82) is 0 Å². The number of aliphatic hydroxyl groups excluding tert-OH is 6. The molecule has 4 amide bonds. The number of phenols is 3. The summed E-state index contributed by atoms with van der Waals surface area (Å²) in [4.78, 5) is 104. The van der Waals surface area contributed by atoms with Crippen molar-refractivity contribution in [3.63, 3.8) is 0 Å². The van der Waals surface area contributed by atoms with Crippen LogP contribution in [0.15, 0.2) is 84.9 Å². The number of aliphatic hydroxyl groups is 6. The number of ketones is 3. The van der Waals surface area contributed by atoms with Gasteiger partial charge in [0.05, 0.1) is 54.9 Å². The van der Waals surface area contributed by atoms with Crippen LogP contribution in [0.4, 0.5) is 0 Å². The van der Waals surface area contributed by atoms with E-state index in [0.717, 1.165) is 19.2 Å². The normalized spacial score (nSPS) is 26.8. The van der Waals surface area contributed by atoms with E-state index in [1.807, 2.05) is 13.8 Å². The summed E-state index contributed by atoms with van der Waals surface area (Å²) in [6.45, 7) is 5.45. The monoisotopic (exact) mass is 1420 g/mol. The van der Waals surface area contributed by atoms with Gasteiger partial charge in [-0.2, -0.15) is 0 Å². The largest absolute Gasteiger partial charge is 0.508 e. The van der Waals surface area contributed by atoms with Crippen LogP contribution in [0.5, 0.6) is 40.2 Å². The Hall–Kier alpha value is -8.07. The number of likely N-dealkylation sites (N-methyl/N-ethyl adjacent to an activating group) is 1. The van der Waals surface area contributed by atoms with E-state index < -0.39 is 211 Å². The molecule has 0 aliphatic carbocycles. The molecule has 5 aliphatic heterocycles. The number of amides is 4.